The highest BCUT2D eigenvalue weighted by Crippen LogP contribution is 2.44. The van der Waals surface area contributed by atoms with Crippen molar-refractivity contribution in [3.05, 3.63) is 42.6 Å². The van der Waals surface area contributed by atoms with Crippen LogP contribution >= 0.6 is 0 Å². The molecule has 2 atom stereocenters. The van der Waals surface area contributed by atoms with Gasteiger partial charge in [-0.3, -0.25) is 9.69 Å². The number of aromatic nitrogens is 2. The summed E-state index contributed by atoms with van der Waals surface area (Å²) in [5.41, 5.74) is 0.681. The highest BCUT2D eigenvalue weighted by molar-refractivity contribution is 5.79. The summed E-state index contributed by atoms with van der Waals surface area (Å²) < 4.78 is 10.7. The van der Waals surface area contributed by atoms with E-state index in [1.807, 2.05) is 19.1 Å². The van der Waals surface area contributed by atoms with E-state index in [-0.39, 0.29) is 11.9 Å². The summed E-state index contributed by atoms with van der Waals surface area (Å²) in [7, 11) is 0. The zero-order valence-corrected chi connectivity index (χ0v) is 15.7. The summed E-state index contributed by atoms with van der Waals surface area (Å²) in [5.74, 6) is 0.809. The maximum Gasteiger partial charge on any atom is 0.314 e. The topological polar surface area (TPSA) is 71.7 Å². The Hall–Kier alpha value is -2.41. The fraction of sp³-hybridized carbons (Fsp3) is 0.550. The van der Waals surface area contributed by atoms with Crippen molar-refractivity contribution in [3.63, 3.8) is 0 Å². The average Bonchev–Trinajstić information content (AvgIpc) is 3.28. The highest BCUT2D eigenvalue weighted by atomic mass is 16.5. The number of carbonyl (C=O) groups is 1. The maximum atomic E-state index is 13.0. The monoisotopic (exact) mass is 370 g/mol. The van der Waals surface area contributed by atoms with Crippen molar-refractivity contribution in [1.29, 1.82) is 0 Å². The number of carbonyl (C=O) groups excluding carboxylic acids is 1. The number of rotatable bonds is 5. The lowest BCUT2D eigenvalue weighted by Crippen LogP contribution is -2.42. The van der Waals surface area contributed by atoms with Gasteiger partial charge in [-0.1, -0.05) is 0 Å². The van der Waals surface area contributed by atoms with E-state index in [9.17, 15) is 4.79 Å². The van der Waals surface area contributed by atoms with Crippen molar-refractivity contribution in [2.75, 3.05) is 37.7 Å². The second-order valence-electron chi connectivity index (χ2n) is 7.47. The number of likely N-dealkylation sites (tertiary alicyclic amines) is 1. The molecule has 2 fully saturated rings. The van der Waals surface area contributed by atoms with Gasteiger partial charge in [0.1, 0.15) is 0 Å². The van der Waals surface area contributed by atoms with E-state index >= 15 is 0 Å². The third-order valence-electron chi connectivity index (χ3n) is 5.77. The van der Waals surface area contributed by atoms with Crippen molar-refractivity contribution in [3.8, 4) is 0 Å². The second-order valence-corrected chi connectivity index (χ2v) is 7.47. The number of anilines is 1. The first-order valence-corrected chi connectivity index (χ1v) is 9.64. The molecule has 0 radical (unpaired) electrons. The standard InChI is InChI=1S/C20H26N4O3/c1-2-27-18(25)20-6-3-9-23(11-16-5-10-26-14-16)12-17(20)13-24(15-20)19-21-7-4-8-22-19/h4-5,7-8,10,14,17H,2-3,6,9,11-13,15H2,1H3/t17-,20-/m0/s1. The van der Waals surface area contributed by atoms with Crippen molar-refractivity contribution >= 4 is 11.9 Å². The van der Waals surface area contributed by atoms with Gasteiger partial charge in [0.15, 0.2) is 0 Å². The summed E-state index contributed by atoms with van der Waals surface area (Å²) >= 11 is 0. The van der Waals surface area contributed by atoms with Crippen LogP contribution < -0.4 is 4.90 Å². The summed E-state index contributed by atoms with van der Waals surface area (Å²) in [5, 5.41) is 0. The summed E-state index contributed by atoms with van der Waals surface area (Å²) in [6.45, 7) is 6.35. The Balaban J connectivity index is 1.58. The largest absolute Gasteiger partial charge is 0.472 e. The van der Waals surface area contributed by atoms with Crippen LogP contribution in [0.2, 0.25) is 0 Å². The van der Waals surface area contributed by atoms with Crippen LogP contribution in [0.1, 0.15) is 25.3 Å². The summed E-state index contributed by atoms with van der Waals surface area (Å²) in [6, 6.07) is 3.81. The molecular weight excluding hydrogens is 344 g/mol. The number of hydrogen-bond donors (Lipinski definition) is 0. The zero-order chi connectivity index (χ0) is 18.7. The molecule has 4 rings (SSSR count). The minimum Gasteiger partial charge on any atom is -0.472 e. The molecule has 2 saturated heterocycles. The van der Waals surface area contributed by atoms with Gasteiger partial charge in [-0.15, -0.1) is 0 Å². The predicted molar refractivity (Wildman–Crippen MR) is 100 cm³/mol. The Morgan fingerprint density at radius 1 is 1.37 bits per heavy atom. The van der Waals surface area contributed by atoms with Gasteiger partial charge in [-0.25, -0.2) is 9.97 Å². The lowest BCUT2D eigenvalue weighted by Gasteiger charge is -2.31. The van der Waals surface area contributed by atoms with Gasteiger partial charge in [-0.2, -0.15) is 0 Å². The molecule has 2 aliphatic heterocycles. The third kappa shape index (κ3) is 3.56. The Morgan fingerprint density at radius 3 is 2.96 bits per heavy atom. The van der Waals surface area contributed by atoms with E-state index in [2.05, 4.69) is 19.8 Å². The Bertz CT molecular complexity index is 752. The Kier molecular flexibility index (Phi) is 5.11. The molecule has 2 aliphatic rings. The van der Waals surface area contributed by atoms with Crippen LogP contribution in [0.25, 0.3) is 0 Å². The fourth-order valence-electron chi connectivity index (χ4n) is 4.51. The molecule has 7 heteroatoms. The summed E-state index contributed by atoms with van der Waals surface area (Å²) in [4.78, 5) is 26.4. The maximum absolute atomic E-state index is 13.0. The smallest absolute Gasteiger partial charge is 0.314 e. The van der Waals surface area contributed by atoms with Crippen LogP contribution in [0, 0.1) is 11.3 Å². The number of nitrogens with zero attached hydrogens (tertiary/aromatic N) is 4. The number of ether oxygens (including phenoxy) is 1. The van der Waals surface area contributed by atoms with Gasteiger partial charge >= 0.3 is 5.97 Å². The van der Waals surface area contributed by atoms with Crippen LogP contribution in [-0.4, -0.2) is 53.6 Å². The molecule has 2 aromatic heterocycles. The normalized spacial score (nSPS) is 25.8. The molecule has 0 spiro atoms. The van der Waals surface area contributed by atoms with Gasteiger partial charge in [0, 0.05) is 50.1 Å². The fourth-order valence-corrected chi connectivity index (χ4v) is 4.51. The van der Waals surface area contributed by atoms with Crippen LogP contribution in [0.15, 0.2) is 41.5 Å². The van der Waals surface area contributed by atoms with Crippen molar-refractivity contribution in [2.24, 2.45) is 11.3 Å². The van der Waals surface area contributed by atoms with Crippen LogP contribution in [0.3, 0.4) is 0 Å². The molecule has 0 amide bonds. The third-order valence-corrected chi connectivity index (χ3v) is 5.77. The molecule has 7 nitrogen and oxygen atoms in total. The molecular formula is C20H26N4O3. The van der Waals surface area contributed by atoms with Crippen molar-refractivity contribution in [2.45, 2.75) is 26.3 Å². The Morgan fingerprint density at radius 2 is 2.22 bits per heavy atom. The average molecular weight is 370 g/mol. The van der Waals surface area contributed by atoms with Crippen LogP contribution in [0.4, 0.5) is 5.95 Å². The molecule has 27 heavy (non-hydrogen) atoms. The number of hydrogen-bond acceptors (Lipinski definition) is 7. The summed E-state index contributed by atoms with van der Waals surface area (Å²) in [6.07, 6.45) is 8.80. The number of furan rings is 1. The molecule has 0 aromatic carbocycles. The van der Waals surface area contributed by atoms with E-state index in [1.165, 1.54) is 5.56 Å². The van der Waals surface area contributed by atoms with Crippen molar-refractivity contribution in [1.82, 2.24) is 14.9 Å². The van der Waals surface area contributed by atoms with E-state index < -0.39 is 5.41 Å². The SMILES string of the molecule is CCOC(=O)[C@]12CCCN(Cc3ccoc3)C[C@H]1CN(c1ncccn1)C2. The van der Waals surface area contributed by atoms with E-state index in [4.69, 9.17) is 9.15 Å². The number of fused-ring (bicyclic) bond motifs is 1. The predicted octanol–water partition coefficient (Wildman–Crippen LogP) is 2.35. The molecule has 4 heterocycles. The molecule has 0 unspecified atom stereocenters. The zero-order valence-electron chi connectivity index (χ0n) is 15.7. The molecule has 2 aromatic rings. The highest BCUT2D eigenvalue weighted by Gasteiger charge is 2.54. The molecule has 144 valence electrons. The molecule has 0 aliphatic carbocycles. The van der Waals surface area contributed by atoms with Gasteiger partial charge in [0.25, 0.3) is 0 Å². The first-order chi connectivity index (χ1) is 13.2. The number of esters is 1. The van der Waals surface area contributed by atoms with Gasteiger partial charge in [0.2, 0.25) is 5.95 Å². The van der Waals surface area contributed by atoms with Crippen molar-refractivity contribution < 1.29 is 13.9 Å². The van der Waals surface area contributed by atoms with E-state index in [1.54, 1.807) is 24.9 Å². The second kappa shape index (κ2) is 7.68. The molecule has 0 saturated carbocycles. The molecule has 0 N–H and O–H groups in total. The lowest BCUT2D eigenvalue weighted by molar-refractivity contribution is -0.157. The minimum absolute atomic E-state index is 0.0707. The van der Waals surface area contributed by atoms with E-state index in [0.29, 0.717) is 19.1 Å². The van der Waals surface area contributed by atoms with Gasteiger partial charge in [-0.05, 0) is 38.4 Å². The van der Waals surface area contributed by atoms with Crippen LogP contribution in [-0.2, 0) is 16.1 Å². The lowest BCUT2D eigenvalue weighted by atomic mass is 9.75. The first-order valence-electron chi connectivity index (χ1n) is 9.64. The quantitative estimate of drug-likeness (QED) is 0.748. The van der Waals surface area contributed by atoms with Gasteiger partial charge in [0.05, 0.1) is 24.5 Å². The van der Waals surface area contributed by atoms with E-state index in [0.717, 1.165) is 39.0 Å². The minimum atomic E-state index is -0.486. The molecule has 0 bridgehead atoms. The van der Waals surface area contributed by atoms with Gasteiger partial charge < -0.3 is 14.1 Å². The Labute approximate surface area is 159 Å². The first kappa shape index (κ1) is 18.0. The van der Waals surface area contributed by atoms with Crippen LogP contribution in [0.5, 0.6) is 0 Å².